The number of amides is 1. The van der Waals surface area contributed by atoms with Crippen LogP contribution in [0, 0.1) is 0 Å². The first-order chi connectivity index (χ1) is 9.36. The molecule has 0 saturated carbocycles. The Labute approximate surface area is 114 Å². The van der Waals surface area contributed by atoms with E-state index in [4.69, 9.17) is 21.7 Å². The summed E-state index contributed by atoms with van der Waals surface area (Å²) in [4.78, 5) is 36.7. The van der Waals surface area contributed by atoms with Crippen molar-refractivity contribution < 1.29 is 24.6 Å². The van der Waals surface area contributed by atoms with E-state index in [0.717, 1.165) is 5.69 Å². The molecule has 0 unspecified atom stereocenters. The Hall–Kier alpha value is -2.46. The van der Waals surface area contributed by atoms with Gasteiger partial charge in [0.25, 0.3) is 0 Å². The lowest BCUT2D eigenvalue weighted by molar-refractivity contribution is -0.138. The maximum absolute atomic E-state index is 10.3. The predicted molar refractivity (Wildman–Crippen MR) is 67.6 cm³/mol. The van der Waals surface area contributed by atoms with Crippen LogP contribution in [0.25, 0.3) is 0 Å². The number of rotatable bonds is 6. The number of carbonyl (C=O) groups excluding carboxylic acids is 1. The second-order valence-corrected chi connectivity index (χ2v) is 3.60. The fraction of sp³-hybridized carbons (Fsp3) is 0.400. The molecule has 1 heterocycles. The van der Waals surface area contributed by atoms with Gasteiger partial charge in [0.2, 0.25) is 5.91 Å². The quantitative estimate of drug-likeness (QED) is 0.331. The van der Waals surface area contributed by atoms with Crippen molar-refractivity contribution in [2.24, 2.45) is 11.5 Å². The molecule has 1 atom stereocenters. The number of H-pyrrole nitrogens is 1. The highest BCUT2D eigenvalue weighted by molar-refractivity contribution is 5.82. The molecule has 0 aliphatic heterocycles. The first-order valence-electron chi connectivity index (χ1n) is 5.51. The molecular formula is C10H17N5O5. The molecule has 1 amide bonds. The van der Waals surface area contributed by atoms with Gasteiger partial charge in [0.15, 0.2) is 0 Å². The van der Waals surface area contributed by atoms with Crippen molar-refractivity contribution in [3.05, 3.63) is 18.2 Å². The average molecular weight is 287 g/mol. The summed E-state index contributed by atoms with van der Waals surface area (Å²) in [5, 5.41) is 18.5. The number of nitrogens with zero attached hydrogens (tertiary/aromatic N) is 1. The van der Waals surface area contributed by atoms with Gasteiger partial charge in [-0.15, -0.1) is 0 Å². The fourth-order valence-electron chi connectivity index (χ4n) is 0.967. The molecule has 0 bridgehead atoms. The summed E-state index contributed by atoms with van der Waals surface area (Å²) in [7, 11) is 0. The topological polar surface area (TPSA) is 184 Å². The minimum atomic E-state index is -1.07. The molecule has 0 radical (unpaired) electrons. The Kier molecular flexibility index (Phi) is 8.30. The van der Waals surface area contributed by atoms with Crippen LogP contribution in [0.4, 0.5) is 0 Å². The maximum atomic E-state index is 10.3. The smallest absolute Gasteiger partial charge is 0.322 e. The summed E-state index contributed by atoms with van der Waals surface area (Å²) in [6.07, 6.45) is 3.34. The average Bonchev–Trinajstić information content (AvgIpc) is 2.89. The highest BCUT2D eigenvalue weighted by Gasteiger charge is 2.12. The fourth-order valence-corrected chi connectivity index (χ4v) is 0.967. The number of carbonyl (C=O) groups is 3. The van der Waals surface area contributed by atoms with Gasteiger partial charge in [0.05, 0.1) is 12.9 Å². The maximum Gasteiger partial charge on any atom is 0.322 e. The van der Waals surface area contributed by atoms with Crippen LogP contribution < -0.4 is 16.8 Å². The van der Waals surface area contributed by atoms with E-state index < -0.39 is 23.9 Å². The summed E-state index contributed by atoms with van der Waals surface area (Å²) in [5.41, 5.74) is 10.8. The summed E-state index contributed by atoms with van der Waals surface area (Å²) in [6, 6.07) is -0.851. The van der Waals surface area contributed by atoms with Crippen LogP contribution in [0.3, 0.4) is 0 Å². The third-order valence-electron chi connectivity index (χ3n) is 1.93. The summed E-state index contributed by atoms with van der Waals surface area (Å²) in [6.45, 7) is -0.538. The SMILES string of the molecule is NCC(=O)NCC(=O)O.N[C@@H](Cc1cnc[nH]1)C(=O)O. The Balaban J connectivity index is 0.000000370. The summed E-state index contributed by atoms with van der Waals surface area (Å²) in [5.74, 6) is -2.53. The monoisotopic (exact) mass is 287 g/mol. The van der Waals surface area contributed by atoms with Gasteiger partial charge in [-0.2, -0.15) is 0 Å². The number of imidazole rings is 1. The Bertz CT molecular complexity index is 433. The number of aromatic amines is 1. The molecule has 0 fully saturated rings. The van der Waals surface area contributed by atoms with Crippen LogP contribution in [0.1, 0.15) is 5.69 Å². The van der Waals surface area contributed by atoms with Crippen molar-refractivity contribution >= 4 is 17.8 Å². The number of aliphatic carboxylic acids is 2. The van der Waals surface area contributed by atoms with Crippen molar-refractivity contribution in [3.8, 4) is 0 Å². The number of hydrogen-bond acceptors (Lipinski definition) is 6. The van der Waals surface area contributed by atoms with Crippen molar-refractivity contribution in [2.45, 2.75) is 12.5 Å². The van der Waals surface area contributed by atoms with Crippen LogP contribution in [-0.2, 0) is 20.8 Å². The number of nitrogens with two attached hydrogens (primary N) is 2. The zero-order valence-electron chi connectivity index (χ0n) is 10.6. The highest BCUT2D eigenvalue weighted by Crippen LogP contribution is 1.95. The first kappa shape index (κ1) is 17.5. The largest absolute Gasteiger partial charge is 0.480 e. The van der Waals surface area contributed by atoms with E-state index in [2.05, 4.69) is 15.3 Å². The van der Waals surface area contributed by atoms with Gasteiger partial charge < -0.3 is 32.0 Å². The zero-order valence-corrected chi connectivity index (χ0v) is 10.6. The Morgan fingerprint density at radius 1 is 1.40 bits per heavy atom. The molecule has 20 heavy (non-hydrogen) atoms. The third kappa shape index (κ3) is 8.60. The van der Waals surface area contributed by atoms with Crippen molar-refractivity contribution in [1.82, 2.24) is 15.3 Å². The van der Waals surface area contributed by atoms with Gasteiger partial charge in [-0.1, -0.05) is 0 Å². The van der Waals surface area contributed by atoms with Crippen molar-refractivity contribution in [3.63, 3.8) is 0 Å². The number of aromatic nitrogens is 2. The molecule has 10 nitrogen and oxygen atoms in total. The summed E-state index contributed by atoms with van der Waals surface area (Å²) < 4.78 is 0. The second-order valence-electron chi connectivity index (χ2n) is 3.60. The lowest BCUT2D eigenvalue weighted by Crippen LogP contribution is -2.34. The molecule has 0 spiro atoms. The van der Waals surface area contributed by atoms with Gasteiger partial charge in [-0.3, -0.25) is 14.4 Å². The molecule has 10 heteroatoms. The number of carboxylic acids is 2. The minimum absolute atomic E-state index is 0.173. The van der Waals surface area contributed by atoms with Gasteiger partial charge in [-0.05, 0) is 0 Å². The molecule has 0 saturated heterocycles. The molecular weight excluding hydrogens is 270 g/mol. The first-order valence-corrected chi connectivity index (χ1v) is 5.51. The van der Waals surface area contributed by atoms with E-state index in [1.165, 1.54) is 6.33 Å². The van der Waals surface area contributed by atoms with Crippen LogP contribution >= 0.6 is 0 Å². The Morgan fingerprint density at radius 3 is 2.45 bits per heavy atom. The number of hydrogen-bond donors (Lipinski definition) is 6. The molecule has 1 aromatic heterocycles. The Morgan fingerprint density at radius 2 is 2.05 bits per heavy atom. The van der Waals surface area contributed by atoms with E-state index in [0.29, 0.717) is 0 Å². The lowest BCUT2D eigenvalue weighted by Gasteiger charge is -2.02. The standard InChI is InChI=1S/C6H9N3O2.C4H8N2O3/c7-5(6(10)11)1-4-2-8-3-9-4;5-1-3(7)6-2-4(8)9/h2-3,5H,1,7H2,(H,8,9)(H,10,11);1-2,5H2,(H,6,7)(H,8,9)/t5-;/m0./s1. The molecule has 0 aliphatic rings. The van der Waals surface area contributed by atoms with E-state index in [1.54, 1.807) is 6.20 Å². The van der Waals surface area contributed by atoms with Crippen molar-refractivity contribution in [1.29, 1.82) is 0 Å². The lowest BCUT2D eigenvalue weighted by atomic mass is 10.2. The molecule has 1 aromatic rings. The molecule has 8 N–H and O–H groups in total. The van der Waals surface area contributed by atoms with Crippen LogP contribution in [0.2, 0.25) is 0 Å². The van der Waals surface area contributed by atoms with Gasteiger partial charge >= 0.3 is 11.9 Å². The second kappa shape index (κ2) is 9.47. The van der Waals surface area contributed by atoms with E-state index in [9.17, 15) is 14.4 Å². The summed E-state index contributed by atoms with van der Waals surface area (Å²) >= 11 is 0. The van der Waals surface area contributed by atoms with Crippen LogP contribution in [0.15, 0.2) is 12.5 Å². The van der Waals surface area contributed by atoms with E-state index in [-0.39, 0.29) is 19.5 Å². The number of carboxylic acid groups (broad SMARTS) is 2. The van der Waals surface area contributed by atoms with Gasteiger partial charge in [0, 0.05) is 18.3 Å². The molecule has 1 rings (SSSR count). The third-order valence-corrected chi connectivity index (χ3v) is 1.93. The highest BCUT2D eigenvalue weighted by atomic mass is 16.4. The van der Waals surface area contributed by atoms with Crippen LogP contribution in [0.5, 0.6) is 0 Å². The van der Waals surface area contributed by atoms with Crippen molar-refractivity contribution in [2.75, 3.05) is 13.1 Å². The normalized spacial score (nSPS) is 10.9. The van der Waals surface area contributed by atoms with Crippen LogP contribution in [-0.4, -0.2) is 57.2 Å². The zero-order chi connectivity index (χ0) is 15.5. The molecule has 0 aromatic carbocycles. The number of nitrogens with one attached hydrogen (secondary N) is 2. The predicted octanol–water partition coefficient (Wildman–Crippen LogP) is -2.49. The molecule has 0 aliphatic carbocycles. The molecule has 112 valence electrons. The van der Waals surface area contributed by atoms with E-state index >= 15 is 0 Å². The minimum Gasteiger partial charge on any atom is -0.480 e. The van der Waals surface area contributed by atoms with Gasteiger partial charge in [-0.25, -0.2) is 4.98 Å². The van der Waals surface area contributed by atoms with E-state index in [1.807, 2.05) is 0 Å². The van der Waals surface area contributed by atoms with Gasteiger partial charge in [0.1, 0.15) is 12.6 Å².